The van der Waals surface area contributed by atoms with E-state index in [-0.39, 0.29) is 16.2 Å². The summed E-state index contributed by atoms with van der Waals surface area (Å²) in [6, 6.07) is 6.28. The zero-order valence-electron chi connectivity index (χ0n) is 16.7. The Bertz CT molecular complexity index is 856. The number of halogens is 1. The van der Waals surface area contributed by atoms with Gasteiger partial charge in [-0.25, -0.2) is 8.42 Å². The Hall–Kier alpha value is -1.11. The molecule has 1 amide bonds. The Morgan fingerprint density at radius 2 is 1.45 bits per heavy atom. The molecule has 1 aromatic rings. The number of nitrogens with zero attached hydrogens (tertiary/aromatic N) is 2. The number of hydrogen-bond acceptors (Lipinski definition) is 3. The maximum atomic E-state index is 13.1. The first-order chi connectivity index (χ1) is 13.8. The molecule has 0 aromatic heterocycles. The fourth-order valence-corrected chi connectivity index (χ4v) is 8.42. The second-order valence-electron chi connectivity index (χ2n) is 9.83. The third-order valence-electron chi connectivity index (χ3n) is 7.73. The van der Waals surface area contributed by atoms with Gasteiger partial charge in [-0.15, -0.1) is 0 Å². The van der Waals surface area contributed by atoms with Gasteiger partial charge in [0.15, 0.2) is 0 Å². The van der Waals surface area contributed by atoms with Crippen molar-refractivity contribution in [3.63, 3.8) is 0 Å². The number of benzene rings is 1. The normalized spacial score (nSPS) is 34.5. The Morgan fingerprint density at radius 1 is 0.931 bits per heavy atom. The van der Waals surface area contributed by atoms with E-state index in [0.717, 1.165) is 17.8 Å². The summed E-state index contributed by atoms with van der Waals surface area (Å²) in [5.74, 6) is 2.76. The zero-order chi connectivity index (χ0) is 20.2. The summed E-state index contributed by atoms with van der Waals surface area (Å²) < 4.78 is 27.2. The fourth-order valence-electron chi connectivity index (χ4n) is 6.87. The summed E-state index contributed by atoms with van der Waals surface area (Å²) in [7, 11) is -3.53. The lowest BCUT2D eigenvalue weighted by atomic mass is 9.49. The monoisotopic (exact) mass is 436 g/mol. The number of piperazine rings is 1. The molecule has 7 heteroatoms. The molecule has 0 atom stereocenters. The Morgan fingerprint density at radius 3 is 1.97 bits per heavy atom. The first-order valence-electron chi connectivity index (χ1n) is 10.9. The predicted molar refractivity (Wildman–Crippen MR) is 112 cm³/mol. The number of sulfonamides is 1. The number of amides is 1. The molecule has 1 aliphatic heterocycles. The molecule has 0 N–H and O–H groups in total. The van der Waals surface area contributed by atoms with Gasteiger partial charge in [-0.3, -0.25) is 4.79 Å². The molecule has 4 saturated carbocycles. The number of hydrogen-bond donors (Lipinski definition) is 0. The van der Waals surface area contributed by atoms with Gasteiger partial charge in [0.25, 0.3) is 0 Å². The molecule has 1 aromatic carbocycles. The van der Waals surface area contributed by atoms with Crippen molar-refractivity contribution in [2.24, 2.45) is 23.2 Å². The van der Waals surface area contributed by atoms with Gasteiger partial charge in [-0.05, 0) is 86.0 Å². The van der Waals surface area contributed by atoms with Gasteiger partial charge in [-0.1, -0.05) is 11.6 Å². The van der Waals surface area contributed by atoms with Crippen LogP contribution in [0.2, 0.25) is 5.02 Å². The van der Waals surface area contributed by atoms with Crippen LogP contribution in [0.15, 0.2) is 29.2 Å². The summed E-state index contributed by atoms with van der Waals surface area (Å²) >= 11 is 5.88. The third kappa shape index (κ3) is 3.72. The summed E-state index contributed by atoms with van der Waals surface area (Å²) in [5.41, 5.74) is 0.234. The molecule has 4 bridgehead atoms. The molecule has 1 heterocycles. The lowest BCUT2D eigenvalue weighted by Crippen LogP contribution is -2.53. The number of carbonyl (C=O) groups is 1. The summed E-state index contributed by atoms with van der Waals surface area (Å²) in [5, 5.41) is 0.518. The minimum Gasteiger partial charge on any atom is -0.340 e. The lowest BCUT2D eigenvalue weighted by molar-refractivity contribution is -0.140. The van der Waals surface area contributed by atoms with Gasteiger partial charge in [0.1, 0.15) is 0 Å². The quantitative estimate of drug-likeness (QED) is 0.721. The van der Waals surface area contributed by atoms with Crippen LogP contribution in [0.3, 0.4) is 0 Å². The molecule has 0 radical (unpaired) electrons. The van der Waals surface area contributed by atoms with Gasteiger partial charge in [-0.2, -0.15) is 4.31 Å². The molecule has 5 aliphatic rings. The first-order valence-corrected chi connectivity index (χ1v) is 12.7. The van der Waals surface area contributed by atoms with Crippen LogP contribution in [0.4, 0.5) is 0 Å². The molecule has 1 saturated heterocycles. The minimum atomic E-state index is -3.53. The predicted octanol–water partition coefficient (Wildman–Crippen LogP) is 3.78. The molecule has 6 rings (SSSR count). The van der Waals surface area contributed by atoms with E-state index >= 15 is 0 Å². The van der Waals surface area contributed by atoms with Crippen molar-refractivity contribution >= 4 is 27.5 Å². The molecule has 5 nitrogen and oxygen atoms in total. The summed E-state index contributed by atoms with van der Waals surface area (Å²) in [6.45, 7) is 1.69. The van der Waals surface area contributed by atoms with Crippen LogP contribution in [-0.2, 0) is 14.8 Å². The Balaban J connectivity index is 1.21. The smallest absolute Gasteiger partial charge is 0.243 e. The molecule has 29 heavy (non-hydrogen) atoms. The second-order valence-corrected chi connectivity index (χ2v) is 12.2. The summed E-state index contributed by atoms with van der Waals surface area (Å²) in [6.07, 6.45) is 8.51. The average molecular weight is 437 g/mol. The highest BCUT2D eigenvalue weighted by Crippen LogP contribution is 2.61. The molecule has 4 aliphatic carbocycles. The van der Waals surface area contributed by atoms with Crippen LogP contribution in [0.5, 0.6) is 0 Å². The zero-order valence-corrected chi connectivity index (χ0v) is 18.3. The van der Waals surface area contributed by atoms with Crippen molar-refractivity contribution in [3.05, 3.63) is 29.3 Å². The highest BCUT2D eigenvalue weighted by atomic mass is 35.5. The van der Waals surface area contributed by atoms with Gasteiger partial charge in [0.05, 0.1) is 4.90 Å². The van der Waals surface area contributed by atoms with Crippen LogP contribution >= 0.6 is 11.6 Å². The molecular weight excluding hydrogens is 408 g/mol. The van der Waals surface area contributed by atoms with E-state index in [0.29, 0.717) is 37.6 Å². The summed E-state index contributed by atoms with van der Waals surface area (Å²) in [4.78, 5) is 15.2. The van der Waals surface area contributed by atoms with Crippen molar-refractivity contribution in [2.75, 3.05) is 26.2 Å². The number of rotatable bonds is 4. The van der Waals surface area contributed by atoms with E-state index in [2.05, 4.69) is 0 Å². The standard InChI is InChI=1S/C22H29ClN2O3S/c23-19-1-3-20(4-2-19)29(27,28)25-7-5-24(6-8-25)21(26)15-22-12-16-9-17(13-22)11-18(10-16)14-22/h1-4,16-18H,5-15H2. The Labute approximate surface area is 178 Å². The van der Waals surface area contributed by atoms with Crippen LogP contribution < -0.4 is 0 Å². The van der Waals surface area contributed by atoms with Crippen LogP contribution in [0.1, 0.15) is 44.9 Å². The van der Waals surface area contributed by atoms with E-state index < -0.39 is 10.0 Å². The van der Waals surface area contributed by atoms with E-state index in [1.807, 2.05) is 4.90 Å². The SMILES string of the molecule is O=C(CC12CC3CC(CC(C3)C1)C2)N1CCN(S(=O)(=O)c2ccc(Cl)cc2)CC1. The van der Waals surface area contributed by atoms with Crippen molar-refractivity contribution in [1.29, 1.82) is 0 Å². The maximum absolute atomic E-state index is 13.1. The molecule has 0 spiro atoms. The molecule has 158 valence electrons. The first kappa shape index (κ1) is 19.8. The maximum Gasteiger partial charge on any atom is 0.243 e. The largest absolute Gasteiger partial charge is 0.340 e. The fraction of sp³-hybridized carbons (Fsp3) is 0.682. The van der Waals surface area contributed by atoms with E-state index in [9.17, 15) is 13.2 Å². The van der Waals surface area contributed by atoms with Crippen molar-refractivity contribution in [2.45, 2.75) is 49.8 Å². The van der Waals surface area contributed by atoms with Gasteiger partial charge >= 0.3 is 0 Å². The Kier molecular flexibility index (Phi) is 4.95. The molecular formula is C22H29ClN2O3S. The van der Waals surface area contributed by atoms with Crippen molar-refractivity contribution in [1.82, 2.24) is 9.21 Å². The highest BCUT2D eigenvalue weighted by Gasteiger charge is 2.51. The van der Waals surface area contributed by atoms with Gasteiger partial charge in [0.2, 0.25) is 15.9 Å². The van der Waals surface area contributed by atoms with Crippen molar-refractivity contribution < 1.29 is 13.2 Å². The van der Waals surface area contributed by atoms with Crippen LogP contribution in [0.25, 0.3) is 0 Å². The van der Waals surface area contributed by atoms with Gasteiger partial charge < -0.3 is 4.90 Å². The van der Waals surface area contributed by atoms with E-state index in [1.165, 1.54) is 42.8 Å². The van der Waals surface area contributed by atoms with Crippen molar-refractivity contribution in [3.8, 4) is 0 Å². The second kappa shape index (κ2) is 7.24. The number of carbonyl (C=O) groups excluding carboxylic acids is 1. The third-order valence-corrected chi connectivity index (χ3v) is 9.90. The van der Waals surface area contributed by atoms with E-state index in [1.54, 1.807) is 24.3 Å². The minimum absolute atomic E-state index is 0.232. The van der Waals surface area contributed by atoms with E-state index in [4.69, 9.17) is 11.6 Å². The van der Waals surface area contributed by atoms with Gasteiger partial charge in [0, 0.05) is 37.6 Å². The van der Waals surface area contributed by atoms with Crippen LogP contribution in [-0.4, -0.2) is 49.7 Å². The average Bonchev–Trinajstić information content (AvgIpc) is 2.67. The molecule has 5 fully saturated rings. The molecule has 0 unspecified atom stereocenters. The van der Waals surface area contributed by atoms with Crippen LogP contribution in [0, 0.1) is 23.2 Å². The lowest BCUT2D eigenvalue weighted by Gasteiger charge is -2.57. The topological polar surface area (TPSA) is 57.7 Å². The highest BCUT2D eigenvalue weighted by molar-refractivity contribution is 7.89.